The molecule has 2 N–H and O–H groups in total. The van der Waals surface area contributed by atoms with Crippen LogP contribution in [0.3, 0.4) is 0 Å². The lowest BCUT2D eigenvalue weighted by atomic mass is 9.82. The molecule has 8 heteroatoms. The van der Waals surface area contributed by atoms with Gasteiger partial charge in [-0.1, -0.05) is 24.3 Å². The average molecular weight is 443 g/mol. The molecule has 1 aromatic heterocycles. The Morgan fingerprint density at radius 1 is 1.13 bits per heavy atom. The lowest BCUT2D eigenvalue weighted by Crippen LogP contribution is -2.36. The van der Waals surface area contributed by atoms with Crippen LogP contribution in [-0.4, -0.2) is 29.1 Å². The maximum atomic E-state index is 13.4. The van der Waals surface area contributed by atoms with Gasteiger partial charge in [-0.3, -0.25) is 9.59 Å². The highest BCUT2D eigenvalue weighted by Gasteiger charge is 2.51. The molecular weight excluding hydrogens is 421 g/mol. The summed E-state index contributed by atoms with van der Waals surface area (Å²) < 4.78 is 18.7. The van der Waals surface area contributed by atoms with Crippen molar-refractivity contribution in [3.8, 4) is 11.1 Å². The molecule has 1 heterocycles. The highest BCUT2D eigenvalue weighted by atomic mass is 32.1. The molecule has 6 nitrogen and oxygen atoms in total. The Balaban J connectivity index is 1.67. The molecule has 4 atom stereocenters. The summed E-state index contributed by atoms with van der Waals surface area (Å²) in [7, 11) is 0. The van der Waals surface area contributed by atoms with Crippen molar-refractivity contribution in [2.24, 2.45) is 23.7 Å². The van der Waals surface area contributed by atoms with Gasteiger partial charge in [-0.2, -0.15) is 0 Å². The average Bonchev–Trinajstić information content (AvgIpc) is 3.42. The summed E-state index contributed by atoms with van der Waals surface area (Å²) in [6.45, 7) is 3.44. The molecule has 0 aliphatic heterocycles. The molecule has 1 fully saturated rings. The molecule has 2 aliphatic rings. The predicted octanol–water partition coefficient (Wildman–Crippen LogP) is 4.58. The number of amides is 1. The van der Waals surface area contributed by atoms with Crippen molar-refractivity contribution >= 4 is 34.2 Å². The number of anilines is 1. The van der Waals surface area contributed by atoms with Crippen molar-refractivity contribution in [2.75, 3.05) is 5.32 Å². The first kappa shape index (κ1) is 21.2. The van der Waals surface area contributed by atoms with E-state index in [1.54, 1.807) is 31.4 Å². The van der Waals surface area contributed by atoms with Crippen LogP contribution in [0.1, 0.15) is 30.6 Å². The summed E-state index contributed by atoms with van der Waals surface area (Å²) in [5.41, 5.74) is 1.32. The second kappa shape index (κ2) is 8.26. The monoisotopic (exact) mass is 443 g/mol. The first-order valence-electron chi connectivity index (χ1n) is 10.1. The Kier molecular flexibility index (Phi) is 5.66. The van der Waals surface area contributed by atoms with E-state index in [0.717, 1.165) is 11.3 Å². The van der Waals surface area contributed by atoms with Crippen LogP contribution in [0.15, 0.2) is 41.8 Å². The summed E-state index contributed by atoms with van der Waals surface area (Å²) in [6, 6.07) is 5.69. The van der Waals surface area contributed by atoms with Crippen molar-refractivity contribution in [3.05, 3.63) is 53.2 Å². The number of allylic oxidation sites excluding steroid dienone is 2. The van der Waals surface area contributed by atoms with Gasteiger partial charge in [-0.15, -0.1) is 11.3 Å². The minimum Gasteiger partial charge on any atom is -0.481 e. The summed E-state index contributed by atoms with van der Waals surface area (Å²) in [5.74, 6) is -4.17. The highest BCUT2D eigenvalue weighted by molar-refractivity contribution is 7.15. The van der Waals surface area contributed by atoms with E-state index in [-0.39, 0.29) is 23.5 Å². The van der Waals surface area contributed by atoms with Crippen LogP contribution in [0.5, 0.6) is 0 Å². The van der Waals surface area contributed by atoms with E-state index >= 15 is 0 Å². The smallest absolute Gasteiger partial charge is 0.342 e. The molecule has 1 amide bonds. The second-order valence-corrected chi connectivity index (χ2v) is 9.02. The molecule has 31 heavy (non-hydrogen) atoms. The zero-order chi connectivity index (χ0) is 22.3. The van der Waals surface area contributed by atoms with E-state index in [4.69, 9.17) is 4.74 Å². The first-order chi connectivity index (χ1) is 14.8. The molecule has 162 valence electrons. The number of carbonyl (C=O) groups is 3. The number of carboxylic acids is 1. The molecule has 0 unspecified atom stereocenters. The minimum absolute atomic E-state index is 0.131. The van der Waals surface area contributed by atoms with Gasteiger partial charge in [0.1, 0.15) is 16.4 Å². The number of hydrogen-bond acceptors (Lipinski definition) is 5. The van der Waals surface area contributed by atoms with Crippen molar-refractivity contribution in [3.63, 3.8) is 0 Å². The number of fused-ring (bicyclic) bond motifs is 2. The number of benzene rings is 1. The molecule has 2 bridgehead atoms. The molecule has 2 aromatic rings. The topological polar surface area (TPSA) is 92.7 Å². The Labute approximate surface area is 182 Å². The number of thiophene rings is 1. The summed E-state index contributed by atoms with van der Waals surface area (Å²) >= 11 is 1.16. The number of ether oxygens (including phenoxy) is 1. The predicted molar refractivity (Wildman–Crippen MR) is 114 cm³/mol. The number of esters is 1. The van der Waals surface area contributed by atoms with Gasteiger partial charge in [0, 0.05) is 10.9 Å². The van der Waals surface area contributed by atoms with Crippen LogP contribution in [0.2, 0.25) is 0 Å². The zero-order valence-corrected chi connectivity index (χ0v) is 17.8. The molecule has 1 saturated carbocycles. The third-order valence-corrected chi connectivity index (χ3v) is 6.67. The van der Waals surface area contributed by atoms with Gasteiger partial charge >= 0.3 is 11.9 Å². The van der Waals surface area contributed by atoms with Crippen molar-refractivity contribution in [1.82, 2.24) is 0 Å². The fourth-order valence-corrected chi connectivity index (χ4v) is 5.44. The second-order valence-electron chi connectivity index (χ2n) is 8.14. The molecule has 4 rings (SSSR count). The van der Waals surface area contributed by atoms with Crippen molar-refractivity contribution in [1.29, 1.82) is 0 Å². The number of nitrogens with one attached hydrogen (secondary N) is 1. The number of hydrogen-bond donors (Lipinski definition) is 2. The third-order valence-electron chi connectivity index (χ3n) is 5.78. The molecular formula is C23H22FNO5S. The Morgan fingerprint density at radius 2 is 1.77 bits per heavy atom. The van der Waals surface area contributed by atoms with Gasteiger partial charge < -0.3 is 15.2 Å². The first-order valence-corrected chi connectivity index (χ1v) is 10.9. The number of aliphatic carboxylic acids is 1. The molecule has 2 aliphatic carbocycles. The molecule has 0 radical (unpaired) electrons. The fourth-order valence-electron chi connectivity index (χ4n) is 4.48. The SMILES string of the molecule is CC(C)OC(=O)c1c(-c2ccc(F)cc2)csc1NC(=O)[C@H]1[C@H](C(=O)O)[C@H]2C=C[C@H]1C2. The lowest BCUT2D eigenvalue weighted by molar-refractivity contribution is -0.146. The maximum absolute atomic E-state index is 13.4. The van der Waals surface area contributed by atoms with Crippen LogP contribution in [0, 0.1) is 29.5 Å². The maximum Gasteiger partial charge on any atom is 0.342 e. The summed E-state index contributed by atoms with van der Waals surface area (Å²) in [4.78, 5) is 37.7. The van der Waals surface area contributed by atoms with Crippen molar-refractivity contribution in [2.45, 2.75) is 26.4 Å². The number of rotatable bonds is 6. The molecule has 1 aromatic carbocycles. The van der Waals surface area contributed by atoms with Crippen LogP contribution >= 0.6 is 11.3 Å². The Morgan fingerprint density at radius 3 is 2.39 bits per heavy atom. The van der Waals surface area contributed by atoms with Gasteiger partial charge in [0.2, 0.25) is 5.91 Å². The van der Waals surface area contributed by atoms with E-state index in [1.807, 2.05) is 12.2 Å². The fraction of sp³-hybridized carbons (Fsp3) is 0.348. The van der Waals surface area contributed by atoms with E-state index in [1.165, 1.54) is 12.1 Å². The van der Waals surface area contributed by atoms with Gasteiger partial charge in [0.25, 0.3) is 0 Å². The van der Waals surface area contributed by atoms with E-state index in [9.17, 15) is 23.9 Å². The summed E-state index contributed by atoms with van der Waals surface area (Å²) in [5, 5.41) is 14.4. The van der Waals surface area contributed by atoms with Crippen molar-refractivity contribution < 1.29 is 28.6 Å². The number of halogens is 1. The van der Waals surface area contributed by atoms with E-state index in [2.05, 4.69) is 5.32 Å². The largest absolute Gasteiger partial charge is 0.481 e. The van der Waals surface area contributed by atoms with Crippen LogP contribution < -0.4 is 5.32 Å². The van der Waals surface area contributed by atoms with Crippen LogP contribution in [0.4, 0.5) is 9.39 Å². The number of carboxylic acid groups (broad SMARTS) is 1. The normalized spacial score (nSPS) is 23.9. The standard InChI is InChI=1S/C23H22FNO5S/c1-11(2)30-23(29)19-16(12-5-7-15(24)8-6-12)10-31-21(19)25-20(26)17-13-3-4-14(9-13)18(17)22(27)28/h3-8,10-11,13-14,17-18H,9H2,1-2H3,(H,25,26)(H,27,28)/t13-,14-,17+,18+/m0/s1. The lowest BCUT2D eigenvalue weighted by Gasteiger charge is -2.23. The Bertz CT molecular complexity index is 1060. The summed E-state index contributed by atoms with van der Waals surface area (Å²) in [6.07, 6.45) is 4.05. The van der Waals surface area contributed by atoms with Crippen LogP contribution in [0.25, 0.3) is 11.1 Å². The highest BCUT2D eigenvalue weighted by Crippen LogP contribution is 2.49. The van der Waals surface area contributed by atoms with E-state index < -0.39 is 35.5 Å². The Hall–Kier alpha value is -3.00. The van der Waals surface area contributed by atoms with Gasteiger partial charge in [-0.25, -0.2) is 9.18 Å². The van der Waals surface area contributed by atoms with Gasteiger partial charge in [0.05, 0.1) is 17.9 Å². The number of carbonyl (C=O) groups excluding carboxylic acids is 2. The van der Waals surface area contributed by atoms with Gasteiger partial charge in [0.15, 0.2) is 0 Å². The van der Waals surface area contributed by atoms with Gasteiger partial charge in [-0.05, 0) is 49.8 Å². The molecule has 0 spiro atoms. The third kappa shape index (κ3) is 3.99. The van der Waals surface area contributed by atoms with Crippen LogP contribution in [-0.2, 0) is 14.3 Å². The minimum atomic E-state index is -0.991. The quantitative estimate of drug-likeness (QED) is 0.504. The van der Waals surface area contributed by atoms with E-state index in [0.29, 0.717) is 22.5 Å². The zero-order valence-electron chi connectivity index (χ0n) is 17.0. The molecule has 0 saturated heterocycles.